The summed E-state index contributed by atoms with van der Waals surface area (Å²) in [4.78, 5) is 0. The first-order valence-electron chi connectivity index (χ1n) is 9.79. The van der Waals surface area contributed by atoms with Crippen molar-refractivity contribution in [2.45, 2.75) is 96.8 Å². The maximum atomic E-state index is 8.49. The molecule has 6 nitrogen and oxygen atoms in total. The van der Waals surface area contributed by atoms with E-state index in [1.807, 2.05) is 0 Å². The van der Waals surface area contributed by atoms with E-state index >= 15 is 0 Å². The Morgan fingerprint density at radius 1 is 0.600 bits per heavy atom. The van der Waals surface area contributed by atoms with Crippen molar-refractivity contribution >= 4 is 0 Å². The first-order valence-corrected chi connectivity index (χ1v) is 11.0. The molecule has 0 fully saturated rings. The average molecular weight is 385 g/mol. The molecular formula is C18H41ClN2O4. The van der Waals surface area contributed by atoms with Crippen LogP contribution < -0.4 is 24.5 Å². The molecule has 0 amide bonds. The maximum Gasteiger partial charge on any atom is 0.0955 e. The molecule has 0 aliphatic heterocycles. The van der Waals surface area contributed by atoms with Crippen molar-refractivity contribution in [2.75, 3.05) is 20.6 Å². The van der Waals surface area contributed by atoms with Crippen LogP contribution in [0.15, 0.2) is 0 Å². The van der Waals surface area contributed by atoms with Crippen LogP contribution in [0.25, 0.3) is 0 Å². The highest BCUT2D eigenvalue weighted by Gasteiger charge is 2.06. The van der Waals surface area contributed by atoms with Gasteiger partial charge in [0.25, 0.3) is 0 Å². The van der Waals surface area contributed by atoms with Crippen molar-refractivity contribution in [2.24, 2.45) is 5.84 Å². The fourth-order valence-corrected chi connectivity index (χ4v) is 2.71. The summed E-state index contributed by atoms with van der Waals surface area (Å²) < 4.78 is 34.6. The third-order valence-corrected chi connectivity index (χ3v) is 4.09. The van der Waals surface area contributed by atoms with E-state index in [1.165, 1.54) is 89.9 Å². The minimum atomic E-state index is -4.94. The third-order valence-electron chi connectivity index (χ3n) is 4.09. The molecule has 0 aromatic rings. The highest BCUT2D eigenvalue weighted by molar-refractivity contribution is 4.49. The van der Waals surface area contributed by atoms with Gasteiger partial charge in [0, 0.05) is 0 Å². The van der Waals surface area contributed by atoms with Gasteiger partial charge in [0.1, 0.15) is 0 Å². The molecule has 7 heteroatoms. The third kappa shape index (κ3) is 40.2. The molecule has 2 N–H and O–H groups in total. The van der Waals surface area contributed by atoms with Gasteiger partial charge in [-0.3, -0.25) is 4.59 Å². The average Bonchev–Trinajstić information content (AvgIpc) is 2.45. The summed E-state index contributed by atoms with van der Waals surface area (Å²) in [6.07, 6.45) is 19.9. The van der Waals surface area contributed by atoms with E-state index in [2.05, 4.69) is 21.0 Å². The fourth-order valence-electron chi connectivity index (χ4n) is 2.71. The Bertz CT molecular complexity index is 263. The van der Waals surface area contributed by atoms with Crippen LogP contribution in [-0.4, -0.2) is 25.2 Å². The molecule has 0 saturated carbocycles. The van der Waals surface area contributed by atoms with Crippen LogP contribution in [0.3, 0.4) is 0 Å². The molecule has 154 valence electrons. The summed E-state index contributed by atoms with van der Waals surface area (Å²) >= 11 is 0. The fraction of sp³-hybridized carbons (Fsp3) is 1.00. The van der Waals surface area contributed by atoms with Crippen molar-refractivity contribution in [1.82, 2.24) is 0 Å². The lowest BCUT2D eigenvalue weighted by atomic mass is 10.0. The smallest absolute Gasteiger partial charge is 0.0955 e. The molecule has 0 radical (unpaired) electrons. The molecule has 0 aliphatic rings. The van der Waals surface area contributed by atoms with E-state index in [9.17, 15) is 0 Å². The second kappa shape index (κ2) is 17.5. The topological polar surface area (TPSA) is 118 Å². The Morgan fingerprint density at radius 2 is 0.840 bits per heavy atom. The molecule has 25 heavy (non-hydrogen) atoms. The lowest BCUT2D eigenvalue weighted by Crippen LogP contribution is -2.68. The van der Waals surface area contributed by atoms with Crippen LogP contribution in [0, 0.1) is 10.2 Å². The van der Waals surface area contributed by atoms with Crippen LogP contribution >= 0.6 is 0 Å². The van der Waals surface area contributed by atoms with Crippen LogP contribution in [0.4, 0.5) is 0 Å². The summed E-state index contributed by atoms with van der Waals surface area (Å²) in [7, 11) is -0.801. The van der Waals surface area contributed by atoms with Gasteiger partial charge < -0.3 is 0 Å². The van der Waals surface area contributed by atoms with Gasteiger partial charge in [0.2, 0.25) is 0 Å². The van der Waals surface area contributed by atoms with Gasteiger partial charge in [0.15, 0.2) is 0 Å². The second-order valence-electron chi connectivity index (χ2n) is 7.48. The summed E-state index contributed by atoms with van der Waals surface area (Å²) in [5.41, 5.74) is 0. The van der Waals surface area contributed by atoms with Crippen molar-refractivity contribution < 1.29 is 33.5 Å². The molecule has 0 rings (SSSR count). The predicted octanol–water partition coefficient (Wildman–Crippen LogP) is 0.662. The zero-order chi connectivity index (χ0) is 19.6. The van der Waals surface area contributed by atoms with E-state index in [4.69, 9.17) is 24.5 Å². The summed E-state index contributed by atoms with van der Waals surface area (Å²) in [5, 5.41) is 0. The number of quaternary nitrogens is 1. The highest BCUT2D eigenvalue weighted by atomic mass is 35.7. The first-order chi connectivity index (χ1) is 11.6. The number of rotatable bonds is 15. The highest BCUT2D eigenvalue weighted by Crippen LogP contribution is 2.13. The molecule has 0 saturated heterocycles. The standard InChI is InChI=1S/C18H41N2.ClHO4/c1-4-5-6-7-8-9-10-11-12-13-14-15-16-17-18-20(2,3)19;2-1(3,4)5/h4-19H2,1-3H3;(H,2,3,4,5)/q+1;/p-1. The zero-order valence-corrected chi connectivity index (χ0v) is 17.4. The Kier molecular flexibility index (Phi) is 19.0. The molecule has 0 heterocycles. The monoisotopic (exact) mass is 384 g/mol. The van der Waals surface area contributed by atoms with E-state index in [0.29, 0.717) is 4.59 Å². The molecule has 0 unspecified atom stereocenters. The lowest BCUT2D eigenvalue weighted by Gasteiger charge is -2.21. The maximum absolute atomic E-state index is 8.49. The molecule has 0 aromatic carbocycles. The van der Waals surface area contributed by atoms with E-state index in [1.54, 1.807) is 0 Å². The Hall–Kier alpha value is 0.0500. The number of halogens is 1. The Balaban J connectivity index is 0. The van der Waals surface area contributed by atoms with Crippen LogP contribution in [0.2, 0.25) is 0 Å². The molecule has 0 bridgehead atoms. The van der Waals surface area contributed by atoms with Crippen molar-refractivity contribution in [3.05, 3.63) is 0 Å². The number of nitrogens with two attached hydrogens (primary N) is 1. The number of hydrogen-bond acceptors (Lipinski definition) is 5. The van der Waals surface area contributed by atoms with E-state index in [0.717, 1.165) is 6.54 Å². The molecular weight excluding hydrogens is 344 g/mol. The van der Waals surface area contributed by atoms with Gasteiger partial charge in [-0.25, -0.2) is 18.6 Å². The number of nitrogens with zero attached hydrogens (tertiary/aromatic N) is 1. The number of unbranched alkanes of at least 4 members (excludes halogenated alkanes) is 13. The first kappa shape index (κ1) is 27.3. The van der Waals surface area contributed by atoms with Gasteiger partial charge in [-0.15, -0.1) is 10.2 Å². The Labute approximate surface area is 157 Å². The molecule has 0 atom stereocenters. The molecule has 0 aliphatic carbocycles. The summed E-state index contributed by atoms with van der Waals surface area (Å²) in [6.45, 7) is 3.40. The van der Waals surface area contributed by atoms with Crippen LogP contribution in [-0.2, 0) is 0 Å². The van der Waals surface area contributed by atoms with Crippen LogP contribution in [0.1, 0.15) is 96.8 Å². The van der Waals surface area contributed by atoms with Gasteiger partial charge >= 0.3 is 0 Å². The quantitative estimate of drug-likeness (QED) is 0.192. The van der Waals surface area contributed by atoms with E-state index in [-0.39, 0.29) is 0 Å². The lowest BCUT2D eigenvalue weighted by molar-refractivity contribution is -2.00. The normalized spacial score (nSPS) is 12.0. The van der Waals surface area contributed by atoms with Gasteiger partial charge in [-0.05, 0) is 12.8 Å². The minimum Gasteiger partial charge on any atom is -0.253 e. The van der Waals surface area contributed by atoms with Crippen molar-refractivity contribution in [3.63, 3.8) is 0 Å². The SMILES string of the molecule is CCCCCCCCCCCCCCCC[N+](C)(C)N.[O-][Cl+3]([O-])([O-])[O-]. The minimum absolute atomic E-state index is 0.623. The van der Waals surface area contributed by atoms with Crippen LogP contribution in [0.5, 0.6) is 0 Å². The van der Waals surface area contributed by atoms with Crippen molar-refractivity contribution in [3.8, 4) is 0 Å². The predicted molar refractivity (Wildman–Crippen MR) is 91.5 cm³/mol. The summed E-state index contributed by atoms with van der Waals surface area (Å²) in [6, 6.07) is 0. The zero-order valence-electron chi connectivity index (χ0n) is 16.6. The summed E-state index contributed by atoms with van der Waals surface area (Å²) in [5.74, 6) is 5.92. The van der Waals surface area contributed by atoms with Gasteiger partial charge in [-0.2, -0.15) is 5.84 Å². The van der Waals surface area contributed by atoms with Gasteiger partial charge in [0.05, 0.1) is 20.6 Å². The second-order valence-corrected chi connectivity index (χ2v) is 8.23. The van der Waals surface area contributed by atoms with E-state index < -0.39 is 10.2 Å². The van der Waals surface area contributed by atoms with Gasteiger partial charge in [-0.1, -0.05) is 84.0 Å². The molecule has 0 spiro atoms. The Morgan fingerprint density at radius 3 is 1.08 bits per heavy atom. The largest absolute Gasteiger partial charge is 0.253 e. The molecule has 0 aromatic heterocycles. The van der Waals surface area contributed by atoms with Crippen molar-refractivity contribution in [1.29, 1.82) is 0 Å². The number of hydrogen-bond donors (Lipinski definition) is 1.